The number of thiocarbonyl (C=S) groups is 1. The van der Waals surface area contributed by atoms with Crippen molar-refractivity contribution in [3.63, 3.8) is 0 Å². The van der Waals surface area contributed by atoms with Crippen molar-refractivity contribution < 1.29 is 14.3 Å². The largest absolute Gasteiger partial charge is 0.489 e. The first kappa shape index (κ1) is 34.0. The van der Waals surface area contributed by atoms with Gasteiger partial charge in [-0.25, -0.2) is 19.3 Å². The fourth-order valence-electron chi connectivity index (χ4n) is 3.35. The minimum atomic E-state index is -0.452. The van der Waals surface area contributed by atoms with E-state index < -0.39 is 6.09 Å². The van der Waals surface area contributed by atoms with Gasteiger partial charge in [-0.3, -0.25) is 0 Å². The minimum Gasteiger partial charge on any atom is -0.489 e. The van der Waals surface area contributed by atoms with Gasteiger partial charge in [0.1, 0.15) is 25.3 Å². The van der Waals surface area contributed by atoms with Crippen molar-refractivity contribution in [2.24, 2.45) is 0 Å². The van der Waals surface area contributed by atoms with Crippen LogP contribution in [0.5, 0.6) is 5.75 Å². The Labute approximate surface area is 255 Å². The molecule has 0 radical (unpaired) electrons. The monoisotopic (exact) mass is 592 g/mol. The number of aromatic nitrogens is 4. The Morgan fingerprint density at radius 3 is 2.12 bits per heavy atom. The highest BCUT2D eigenvalue weighted by Gasteiger charge is 2.05. The molecule has 0 bridgehead atoms. The number of imidazole rings is 2. The van der Waals surface area contributed by atoms with Gasteiger partial charge in [-0.15, -0.1) is 0 Å². The van der Waals surface area contributed by atoms with E-state index in [-0.39, 0.29) is 6.61 Å². The van der Waals surface area contributed by atoms with Crippen molar-refractivity contribution in [3.8, 4) is 5.75 Å². The lowest BCUT2D eigenvalue weighted by Gasteiger charge is -2.08. The molecular formula is C32H44N6O3S. The molecule has 0 unspecified atom stereocenters. The zero-order chi connectivity index (χ0) is 30.4. The molecule has 0 atom stereocenters. The highest BCUT2D eigenvalue weighted by molar-refractivity contribution is 7.80. The van der Waals surface area contributed by atoms with Gasteiger partial charge in [0.25, 0.3) is 0 Å². The molecule has 4 rings (SSSR count). The Morgan fingerprint density at radius 1 is 0.881 bits per heavy atom. The number of carbonyl (C=O) groups excluding carboxylic acids is 1. The number of rotatable bonds is 11. The zero-order valence-corrected chi connectivity index (χ0v) is 26.0. The predicted octanol–water partition coefficient (Wildman–Crippen LogP) is 6.52. The third kappa shape index (κ3) is 14.5. The molecular weight excluding hydrogens is 548 g/mol. The Morgan fingerprint density at radius 2 is 1.52 bits per heavy atom. The maximum absolute atomic E-state index is 11.7. The number of carbonyl (C=O) groups is 1. The van der Waals surface area contributed by atoms with Crippen LogP contribution >= 0.6 is 12.2 Å². The van der Waals surface area contributed by atoms with Crippen LogP contribution in [0.3, 0.4) is 0 Å². The van der Waals surface area contributed by atoms with E-state index in [0.717, 1.165) is 35.1 Å². The quantitative estimate of drug-likeness (QED) is 0.150. The van der Waals surface area contributed by atoms with E-state index in [0.29, 0.717) is 6.61 Å². The molecule has 10 heteroatoms. The van der Waals surface area contributed by atoms with Crippen molar-refractivity contribution >= 4 is 23.4 Å². The number of hydrogen-bond acceptors (Lipinski definition) is 6. The molecule has 2 N–H and O–H groups in total. The number of hydrogen-bond donors (Lipinski definition) is 2. The van der Waals surface area contributed by atoms with Crippen LogP contribution in [0, 0.1) is 6.92 Å². The summed E-state index contributed by atoms with van der Waals surface area (Å²) in [7, 11) is 1.82. The van der Waals surface area contributed by atoms with Gasteiger partial charge >= 0.3 is 6.09 Å². The molecule has 0 saturated heterocycles. The second kappa shape index (κ2) is 20.7. The van der Waals surface area contributed by atoms with Crippen LogP contribution in [0.15, 0.2) is 86.0 Å². The molecule has 0 fully saturated rings. The number of nitrogens with one attached hydrogen (secondary N) is 2. The van der Waals surface area contributed by atoms with Gasteiger partial charge in [0.15, 0.2) is 5.11 Å². The average Bonchev–Trinajstić information content (AvgIpc) is 3.75. The molecule has 0 aliphatic heterocycles. The normalized spacial score (nSPS) is 9.90. The third-order valence-corrected chi connectivity index (χ3v) is 6.25. The summed E-state index contributed by atoms with van der Waals surface area (Å²) in [5, 5.41) is 6.64. The number of ether oxygens (including phenoxy) is 2. The van der Waals surface area contributed by atoms with E-state index in [1.54, 1.807) is 6.20 Å². The van der Waals surface area contributed by atoms with Gasteiger partial charge in [-0.05, 0) is 55.2 Å². The fraction of sp³-hybridized carbons (Fsp3) is 0.375. The first-order chi connectivity index (χ1) is 20.4. The predicted molar refractivity (Wildman–Crippen MR) is 171 cm³/mol. The van der Waals surface area contributed by atoms with Crippen LogP contribution in [0.25, 0.3) is 0 Å². The van der Waals surface area contributed by atoms with E-state index >= 15 is 0 Å². The van der Waals surface area contributed by atoms with Crippen molar-refractivity contribution in [2.45, 2.75) is 66.2 Å². The number of benzene rings is 2. The van der Waals surface area contributed by atoms with Crippen LogP contribution in [0.4, 0.5) is 4.79 Å². The molecule has 2 aromatic carbocycles. The van der Waals surface area contributed by atoms with Crippen LogP contribution < -0.4 is 15.4 Å². The van der Waals surface area contributed by atoms with Crippen molar-refractivity contribution in [3.05, 3.63) is 103 Å². The molecule has 0 aliphatic carbocycles. The Hall–Kier alpha value is -4.18. The number of nitrogens with zero attached hydrogens (tertiary/aromatic N) is 4. The average molecular weight is 593 g/mol. The van der Waals surface area contributed by atoms with E-state index in [1.807, 2.05) is 50.0 Å². The van der Waals surface area contributed by atoms with Crippen LogP contribution in [-0.4, -0.2) is 43.9 Å². The third-order valence-electron chi connectivity index (χ3n) is 5.90. The minimum absolute atomic E-state index is 0.204. The molecule has 0 amide bonds. The van der Waals surface area contributed by atoms with Crippen molar-refractivity contribution in [1.29, 1.82) is 0 Å². The topological polar surface area (TPSA) is 95.2 Å². The Bertz CT molecular complexity index is 1240. The zero-order valence-electron chi connectivity index (χ0n) is 25.2. The molecule has 0 spiro atoms. The highest BCUT2D eigenvalue weighted by Crippen LogP contribution is 2.15. The summed E-state index contributed by atoms with van der Waals surface area (Å²) >= 11 is 4.85. The maximum atomic E-state index is 11.7. The van der Waals surface area contributed by atoms with Gasteiger partial charge < -0.3 is 24.7 Å². The van der Waals surface area contributed by atoms with E-state index in [9.17, 15) is 4.79 Å². The summed E-state index contributed by atoms with van der Waals surface area (Å²) in [6.07, 6.45) is 14.6. The lowest BCUT2D eigenvalue weighted by atomic mass is 10.2. The molecule has 9 nitrogen and oxygen atoms in total. The lowest BCUT2D eigenvalue weighted by molar-refractivity contribution is 0.141. The van der Waals surface area contributed by atoms with Crippen LogP contribution in [0.2, 0.25) is 0 Å². The molecule has 42 heavy (non-hydrogen) atoms. The molecule has 4 aromatic rings. The van der Waals surface area contributed by atoms with Crippen molar-refractivity contribution in [1.82, 2.24) is 29.7 Å². The van der Waals surface area contributed by atoms with Gasteiger partial charge in [-0.1, -0.05) is 68.7 Å². The van der Waals surface area contributed by atoms with E-state index in [2.05, 4.69) is 70.2 Å². The summed E-state index contributed by atoms with van der Waals surface area (Å²) < 4.78 is 14.3. The molecule has 226 valence electrons. The summed E-state index contributed by atoms with van der Waals surface area (Å²) in [5.74, 6) is 0.778. The second-order valence-corrected chi connectivity index (χ2v) is 9.86. The van der Waals surface area contributed by atoms with Gasteiger partial charge in [-0.2, -0.15) is 0 Å². The smallest absolute Gasteiger partial charge is 0.419 e. The summed E-state index contributed by atoms with van der Waals surface area (Å²) in [6.45, 7) is 9.22. The SMILES string of the molecule is CCCCNC(=S)NC.CCCCn1ccnc1.Cc1ccc(COc2ccc(COC(=O)n3ccnc3)cc2)cc1. The molecule has 2 aromatic heterocycles. The van der Waals surface area contributed by atoms with Crippen LogP contribution in [-0.2, 0) is 24.5 Å². The first-order valence-electron chi connectivity index (χ1n) is 14.3. The van der Waals surface area contributed by atoms with E-state index in [4.69, 9.17) is 21.7 Å². The Kier molecular flexibility index (Phi) is 16.7. The van der Waals surface area contributed by atoms with Gasteiger partial charge in [0, 0.05) is 44.9 Å². The maximum Gasteiger partial charge on any atom is 0.419 e. The molecule has 2 heterocycles. The highest BCUT2D eigenvalue weighted by atomic mass is 32.1. The van der Waals surface area contributed by atoms with Gasteiger partial charge in [0.2, 0.25) is 0 Å². The molecule has 0 aliphatic rings. The number of unbranched alkanes of at least 4 members (excludes halogenated alkanes) is 2. The second-order valence-electron chi connectivity index (χ2n) is 9.46. The Balaban J connectivity index is 0.000000281. The number of aryl methyl sites for hydroxylation is 2. The van der Waals surface area contributed by atoms with E-state index in [1.165, 1.54) is 48.3 Å². The first-order valence-corrected chi connectivity index (χ1v) is 14.7. The van der Waals surface area contributed by atoms with Crippen molar-refractivity contribution in [2.75, 3.05) is 13.6 Å². The standard InChI is InChI=1S/C19H18N2O3.C7H12N2.C6H14N2S/c1-15-2-4-16(5-3-15)12-23-18-8-6-17(7-9-18)13-24-19(22)21-11-10-20-14-21;1-2-3-5-9-6-4-8-7-9;1-3-4-5-8-6(9)7-2/h2-11,14H,12-13H2,1H3;4,6-7H,2-3,5H2,1H3;3-5H2,1-2H3,(H2,7,8,9). The summed E-state index contributed by atoms with van der Waals surface area (Å²) in [6, 6.07) is 15.7. The summed E-state index contributed by atoms with van der Waals surface area (Å²) in [4.78, 5) is 19.4. The fourth-order valence-corrected chi connectivity index (χ4v) is 3.45. The lowest BCUT2D eigenvalue weighted by Crippen LogP contribution is -2.32. The van der Waals surface area contributed by atoms with Crippen LogP contribution in [0.1, 0.15) is 56.2 Å². The summed E-state index contributed by atoms with van der Waals surface area (Å²) in [5.41, 5.74) is 3.25. The molecule has 0 saturated carbocycles. The van der Waals surface area contributed by atoms with Gasteiger partial charge in [0.05, 0.1) is 6.33 Å².